The lowest BCUT2D eigenvalue weighted by Gasteiger charge is -2.11. The first-order valence-electron chi connectivity index (χ1n) is 6.11. The maximum Gasteiger partial charge on any atom is 0.337 e. The third-order valence-corrected chi connectivity index (χ3v) is 3.57. The lowest BCUT2D eigenvalue weighted by atomic mass is 10.1. The van der Waals surface area contributed by atoms with Gasteiger partial charge in [-0.15, -0.1) is 0 Å². The summed E-state index contributed by atoms with van der Waals surface area (Å²) >= 11 is 3.21. The number of nitrogens with one attached hydrogen (secondary N) is 1. The number of benzene rings is 2. The molecule has 110 valence electrons. The molecule has 0 spiro atoms. The monoisotopic (exact) mass is 353 g/mol. The molecule has 21 heavy (non-hydrogen) atoms. The van der Waals surface area contributed by atoms with Crippen molar-refractivity contribution in [2.75, 3.05) is 12.4 Å². The summed E-state index contributed by atoms with van der Waals surface area (Å²) in [5.41, 5.74) is 1.02. The Labute approximate surface area is 129 Å². The van der Waals surface area contributed by atoms with Crippen molar-refractivity contribution in [3.8, 4) is 5.75 Å². The van der Waals surface area contributed by atoms with Crippen LogP contribution in [0.2, 0.25) is 0 Å². The minimum absolute atomic E-state index is 0.0922. The summed E-state index contributed by atoms with van der Waals surface area (Å²) in [6.07, 6.45) is 0. The van der Waals surface area contributed by atoms with Crippen molar-refractivity contribution in [2.24, 2.45) is 0 Å². The average molecular weight is 354 g/mol. The minimum Gasteiger partial charge on any atom is -0.506 e. The number of ether oxygens (including phenoxy) is 1. The SMILES string of the molecule is COC(=O)c1ccc(F)c(NCc2cccc(Br)c2O)c1. The number of para-hydroxylation sites is 1. The van der Waals surface area contributed by atoms with Crippen LogP contribution < -0.4 is 5.32 Å². The summed E-state index contributed by atoms with van der Waals surface area (Å²) in [6.45, 7) is 0.215. The van der Waals surface area contributed by atoms with Gasteiger partial charge in [0.1, 0.15) is 11.6 Å². The first-order chi connectivity index (χ1) is 10.0. The zero-order valence-corrected chi connectivity index (χ0v) is 12.8. The molecule has 6 heteroatoms. The third kappa shape index (κ3) is 3.52. The van der Waals surface area contributed by atoms with Crippen LogP contribution in [0.3, 0.4) is 0 Å². The number of methoxy groups -OCH3 is 1. The molecule has 4 nitrogen and oxygen atoms in total. The van der Waals surface area contributed by atoms with Gasteiger partial charge in [0.15, 0.2) is 0 Å². The summed E-state index contributed by atoms with van der Waals surface area (Å²) in [6, 6.07) is 9.10. The highest BCUT2D eigenvalue weighted by Gasteiger charge is 2.11. The van der Waals surface area contributed by atoms with Crippen LogP contribution >= 0.6 is 15.9 Å². The molecule has 0 radical (unpaired) electrons. The molecule has 0 aliphatic carbocycles. The Kier molecular flexibility index (Phi) is 4.80. The highest BCUT2D eigenvalue weighted by Crippen LogP contribution is 2.28. The molecular formula is C15H13BrFNO3. The largest absolute Gasteiger partial charge is 0.506 e. The van der Waals surface area contributed by atoms with Gasteiger partial charge in [-0.25, -0.2) is 9.18 Å². The number of carbonyl (C=O) groups is 1. The quantitative estimate of drug-likeness (QED) is 0.823. The predicted molar refractivity (Wildman–Crippen MR) is 80.9 cm³/mol. The number of phenols is 1. The molecule has 0 atom stereocenters. The molecule has 0 saturated carbocycles. The van der Waals surface area contributed by atoms with Crippen LogP contribution in [0, 0.1) is 5.82 Å². The van der Waals surface area contributed by atoms with Gasteiger partial charge in [0.05, 0.1) is 22.8 Å². The number of esters is 1. The van der Waals surface area contributed by atoms with E-state index in [0.29, 0.717) is 10.0 Å². The van der Waals surface area contributed by atoms with Crippen LogP contribution in [0.5, 0.6) is 5.75 Å². The normalized spacial score (nSPS) is 10.2. The summed E-state index contributed by atoms with van der Waals surface area (Å²) < 4.78 is 18.9. The second-order valence-corrected chi connectivity index (χ2v) is 5.14. The van der Waals surface area contributed by atoms with E-state index in [-0.39, 0.29) is 23.5 Å². The van der Waals surface area contributed by atoms with Gasteiger partial charge in [-0.1, -0.05) is 12.1 Å². The van der Waals surface area contributed by atoms with Crippen LogP contribution in [0.15, 0.2) is 40.9 Å². The van der Waals surface area contributed by atoms with Crippen molar-refractivity contribution < 1.29 is 19.0 Å². The van der Waals surface area contributed by atoms with Gasteiger partial charge < -0.3 is 15.2 Å². The lowest BCUT2D eigenvalue weighted by molar-refractivity contribution is 0.0600. The highest BCUT2D eigenvalue weighted by molar-refractivity contribution is 9.10. The predicted octanol–water partition coefficient (Wildman–Crippen LogP) is 3.69. The first-order valence-corrected chi connectivity index (χ1v) is 6.90. The number of carbonyl (C=O) groups excluding carboxylic acids is 1. The molecule has 2 N–H and O–H groups in total. The van der Waals surface area contributed by atoms with Gasteiger partial charge in [-0.3, -0.25) is 0 Å². The Morgan fingerprint density at radius 3 is 2.86 bits per heavy atom. The Bertz CT molecular complexity index is 676. The molecule has 2 aromatic rings. The summed E-state index contributed by atoms with van der Waals surface area (Å²) in [7, 11) is 1.26. The molecule has 0 aliphatic rings. The molecule has 0 heterocycles. The molecular weight excluding hydrogens is 341 g/mol. The van der Waals surface area contributed by atoms with Crippen LogP contribution in [-0.4, -0.2) is 18.2 Å². The van der Waals surface area contributed by atoms with Crippen molar-refractivity contribution in [2.45, 2.75) is 6.54 Å². The fourth-order valence-corrected chi connectivity index (χ4v) is 2.21. The molecule has 0 amide bonds. The van der Waals surface area contributed by atoms with Crippen LogP contribution in [0.1, 0.15) is 15.9 Å². The molecule has 0 unspecified atom stereocenters. The average Bonchev–Trinajstić information content (AvgIpc) is 2.49. The second kappa shape index (κ2) is 6.58. The van der Waals surface area contributed by atoms with Crippen molar-refractivity contribution >= 4 is 27.6 Å². The smallest absolute Gasteiger partial charge is 0.337 e. The molecule has 0 aliphatic heterocycles. The standard InChI is InChI=1S/C15H13BrFNO3/c1-21-15(20)9-5-6-12(17)13(7-9)18-8-10-3-2-4-11(16)14(10)19/h2-7,18-19H,8H2,1H3. The minimum atomic E-state index is -0.539. The number of rotatable bonds is 4. The van der Waals surface area contributed by atoms with Gasteiger partial charge in [0, 0.05) is 12.1 Å². The first kappa shape index (κ1) is 15.3. The van der Waals surface area contributed by atoms with E-state index >= 15 is 0 Å². The number of hydrogen-bond donors (Lipinski definition) is 2. The summed E-state index contributed by atoms with van der Waals surface area (Å²) in [5, 5.41) is 12.7. The molecule has 2 rings (SSSR count). The van der Waals surface area contributed by atoms with E-state index in [1.54, 1.807) is 18.2 Å². The van der Waals surface area contributed by atoms with Gasteiger partial charge in [-0.05, 0) is 40.2 Å². The molecule has 0 saturated heterocycles. The molecule has 0 aromatic heterocycles. The van der Waals surface area contributed by atoms with Gasteiger partial charge in [0.2, 0.25) is 0 Å². The maximum atomic E-state index is 13.7. The Morgan fingerprint density at radius 1 is 1.38 bits per heavy atom. The summed E-state index contributed by atoms with van der Waals surface area (Å²) in [5.74, 6) is -0.935. The van der Waals surface area contributed by atoms with Crippen LogP contribution in [0.4, 0.5) is 10.1 Å². The Balaban J connectivity index is 2.19. The number of halogens is 2. The zero-order valence-electron chi connectivity index (χ0n) is 11.2. The van der Waals surface area contributed by atoms with E-state index in [9.17, 15) is 14.3 Å². The number of hydrogen-bond acceptors (Lipinski definition) is 4. The van der Waals surface area contributed by atoms with Crippen LogP contribution in [-0.2, 0) is 11.3 Å². The number of aromatic hydroxyl groups is 1. The fraction of sp³-hybridized carbons (Fsp3) is 0.133. The lowest BCUT2D eigenvalue weighted by Crippen LogP contribution is -2.06. The Hall–Kier alpha value is -2.08. The van der Waals surface area contributed by atoms with E-state index in [2.05, 4.69) is 26.0 Å². The molecule has 0 fully saturated rings. The van der Waals surface area contributed by atoms with Gasteiger partial charge >= 0.3 is 5.97 Å². The maximum absolute atomic E-state index is 13.7. The van der Waals surface area contributed by atoms with E-state index in [4.69, 9.17) is 0 Å². The van der Waals surface area contributed by atoms with Gasteiger partial charge in [-0.2, -0.15) is 0 Å². The second-order valence-electron chi connectivity index (χ2n) is 4.29. The van der Waals surface area contributed by atoms with E-state index < -0.39 is 11.8 Å². The van der Waals surface area contributed by atoms with Gasteiger partial charge in [0.25, 0.3) is 0 Å². The number of phenolic OH excluding ortho intramolecular Hbond substituents is 1. The Morgan fingerprint density at radius 2 is 2.14 bits per heavy atom. The molecule has 0 bridgehead atoms. The van der Waals surface area contributed by atoms with Crippen molar-refractivity contribution in [3.63, 3.8) is 0 Å². The van der Waals surface area contributed by atoms with E-state index in [1.807, 2.05) is 0 Å². The van der Waals surface area contributed by atoms with Crippen molar-refractivity contribution in [1.29, 1.82) is 0 Å². The zero-order chi connectivity index (χ0) is 15.4. The van der Waals surface area contributed by atoms with Crippen LogP contribution in [0.25, 0.3) is 0 Å². The third-order valence-electron chi connectivity index (χ3n) is 2.93. The van der Waals surface area contributed by atoms with E-state index in [1.165, 1.54) is 25.3 Å². The highest BCUT2D eigenvalue weighted by atomic mass is 79.9. The van der Waals surface area contributed by atoms with Crippen molar-refractivity contribution in [1.82, 2.24) is 0 Å². The number of anilines is 1. The topological polar surface area (TPSA) is 58.6 Å². The van der Waals surface area contributed by atoms with Crippen molar-refractivity contribution in [3.05, 3.63) is 57.8 Å². The summed E-state index contributed by atoms with van der Waals surface area (Å²) in [4.78, 5) is 11.4. The van der Waals surface area contributed by atoms with E-state index in [0.717, 1.165) is 0 Å². The fourth-order valence-electron chi connectivity index (χ4n) is 1.80. The molecule has 2 aromatic carbocycles.